The molecular weight excluding hydrogens is 258 g/mol. The topological polar surface area (TPSA) is 53.9 Å². The van der Waals surface area contributed by atoms with Gasteiger partial charge >= 0.3 is 0 Å². The van der Waals surface area contributed by atoms with Crippen LogP contribution in [0.5, 0.6) is 0 Å². The number of anilines is 1. The van der Waals surface area contributed by atoms with Gasteiger partial charge < -0.3 is 10.2 Å². The van der Waals surface area contributed by atoms with Crippen molar-refractivity contribution >= 4 is 29.3 Å². The van der Waals surface area contributed by atoms with Gasteiger partial charge in [0.1, 0.15) is 0 Å². The van der Waals surface area contributed by atoms with E-state index in [1.165, 1.54) is 0 Å². The highest BCUT2D eigenvalue weighted by Crippen LogP contribution is 2.16. The molecule has 0 unspecified atom stereocenters. The van der Waals surface area contributed by atoms with Gasteiger partial charge in [0.15, 0.2) is 5.16 Å². The second-order valence-electron chi connectivity index (χ2n) is 3.34. The van der Waals surface area contributed by atoms with E-state index < -0.39 is 0 Å². The highest BCUT2D eigenvalue weighted by atomic mass is 35.5. The molecule has 0 saturated heterocycles. The Hall–Kier alpha value is -0.590. The Labute approximate surface area is 111 Å². The van der Waals surface area contributed by atoms with Gasteiger partial charge in [0.05, 0.1) is 0 Å². The van der Waals surface area contributed by atoms with Crippen LogP contribution in [0.3, 0.4) is 0 Å². The maximum Gasteiger partial charge on any atom is 0.228 e. The van der Waals surface area contributed by atoms with Crippen molar-refractivity contribution in [1.29, 1.82) is 0 Å². The second kappa shape index (κ2) is 7.68. The maximum absolute atomic E-state index is 5.80. The van der Waals surface area contributed by atoms with Crippen LogP contribution in [0.1, 0.15) is 13.8 Å². The van der Waals surface area contributed by atoms with Gasteiger partial charge in [0.25, 0.3) is 0 Å². The van der Waals surface area contributed by atoms with Gasteiger partial charge in [0, 0.05) is 19.3 Å². The molecule has 0 amide bonds. The molecule has 1 heterocycles. The molecule has 17 heavy (non-hydrogen) atoms. The lowest BCUT2D eigenvalue weighted by Crippen LogP contribution is -2.25. The average Bonchev–Trinajstić information content (AvgIpc) is 2.34. The number of hydrogen-bond donors (Lipinski definition) is 1. The van der Waals surface area contributed by atoms with Crippen molar-refractivity contribution in [3.63, 3.8) is 0 Å². The molecule has 0 aliphatic heterocycles. The van der Waals surface area contributed by atoms with E-state index in [-0.39, 0.29) is 5.28 Å². The van der Waals surface area contributed by atoms with E-state index in [1.54, 1.807) is 18.8 Å². The monoisotopic (exact) mass is 275 g/mol. The van der Waals surface area contributed by atoms with Crippen molar-refractivity contribution in [2.24, 2.45) is 0 Å². The summed E-state index contributed by atoms with van der Waals surface area (Å²) in [6, 6.07) is 0. The fourth-order valence-electron chi connectivity index (χ4n) is 1.31. The molecular formula is C10H18ClN5S. The van der Waals surface area contributed by atoms with Crippen molar-refractivity contribution in [2.75, 3.05) is 37.8 Å². The Morgan fingerprint density at radius 1 is 1.24 bits per heavy atom. The van der Waals surface area contributed by atoms with Gasteiger partial charge in [-0.25, -0.2) is 0 Å². The van der Waals surface area contributed by atoms with Crippen LogP contribution in [0.25, 0.3) is 0 Å². The van der Waals surface area contributed by atoms with Crippen LogP contribution >= 0.6 is 23.4 Å². The lowest BCUT2D eigenvalue weighted by atomic mass is 10.5. The van der Waals surface area contributed by atoms with Gasteiger partial charge in [-0.15, -0.1) is 0 Å². The normalized spacial score (nSPS) is 10.9. The maximum atomic E-state index is 5.80. The number of aromatic nitrogens is 3. The summed E-state index contributed by atoms with van der Waals surface area (Å²) < 4.78 is 0. The van der Waals surface area contributed by atoms with Gasteiger partial charge in [-0.1, -0.05) is 25.6 Å². The molecule has 0 aliphatic carbocycles. The lowest BCUT2D eigenvalue weighted by Gasteiger charge is -2.16. The van der Waals surface area contributed by atoms with Gasteiger partial charge in [0.2, 0.25) is 11.2 Å². The van der Waals surface area contributed by atoms with Crippen molar-refractivity contribution < 1.29 is 0 Å². The predicted molar refractivity (Wildman–Crippen MR) is 72.9 cm³/mol. The highest BCUT2D eigenvalue weighted by molar-refractivity contribution is 7.99. The van der Waals surface area contributed by atoms with Gasteiger partial charge in [-0.2, -0.15) is 15.0 Å². The Bertz CT molecular complexity index is 345. The van der Waals surface area contributed by atoms with Gasteiger partial charge in [-0.3, -0.25) is 0 Å². The molecule has 0 aromatic carbocycles. The lowest BCUT2D eigenvalue weighted by molar-refractivity contribution is 0.324. The fraction of sp³-hybridized carbons (Fsp3) is 0.700. The zero-order valence-electron chi connectivity index (χ0n) is 10.4. The van der Waals surface area contributed by atoms with Crippen LogP contribution in [0.15, 0.2) is 5.16 Å². The molecule has 0 saturated carbocycles. The van der Waals surface area contributed by atoms with Crippen LogP contribution < -0.4 is 5.32 Å². The van der Waals surface area contributed by atoms with Crippen molar-refractivity contribution in [3.8, 4) is 0 Å². The number of thioether (sulfide) groups is 1. The van der Waals surface area contributed by atoms with E-state index in [0.717, 1.165) is 25.4 Å². The van der Waals surface area contributed by atoms with E-state index in [9.17, 15) is 0 Å². The van der Waals surface area contributed by atoms with E-state index in [2.05, 4.69) is 39.0 Å². The number of nitrogens with one attached hydrogen (secondary N) is 1. The fourth-order valence-corrected chi connectivity index (χ4v) is 2.36. The number of hydrogen-bond acceptors (Lipinski definition) is 6. The Kier molecular flexibility index (Phi) is 6.54. The first kappa shape index (κ1) is 14.5. The average molecular weight is 276 g/mol. The second-order valence-corrected chi connectivity index (χ2v) is 4.74. The van der Waals surface area contributed by atoms with Crippen LogP contribution in [0.4, 0.5) is 5.95 Å². The van der Waals surface area contributed by atoms with Crippen LogP contribution in [-0.4, -0.2) is 52.3 Å². The zero-order chi connectivity index (χ0) is 12.7. The largest absolute Gasteiger partial charge is 0.357 e. The summed E-state index contributed by atoms with van der Waals surface area (Å²) in [5.74, 6) is 1.46. The third-order valence-electron chi connectivity index (χ3n) is 2.34. The minimum absolute atomic E-state index is 0.231. The third-order valence-corrected chi connectivity index (χ3v) is 3.34. The molecule has 96 valence electrons. The quantitative estimate of drug-likeness (QED) is 0.768. The number of halogens is 1. The minimum atomic E-state index is 0.231. The molecule has 7 heteroatoms. The SMILES string of the molecule is CCN(CC)CCSc1nc(Cl)nc(NC)n1. The summed E-state index contributed by atoms with van der Waals surface area (Å²) >= 11 is 7.39. The molecule has 1 aromatic heterocycles. The standard InChI is InChI=1S/C10H18ClN5S/c1-4-16(5-2)6-7-17-10-14-8(11)13-9(12-3)15-10/h4-7H2,1-3H3,(H,12,13,14,15). The first-order valence-corrected chi connectivity index (χ1v) is 7.00. The summed E-state index contributed by atoms with van der Waals surface area (Å²) in [7, 11) is 1.76. The van der Waals surface area contributed by atoms with E-state index in [4.69, 9.17) is 11.6 Å². The molecule has 0 spiro atoms. The Morgan fingerprint density at radius 3 is 2.53 bits per heavy atom. The van der Waals surface area contributed by atoms with Gasteiger partial charge in [-0.05, 0) is 24.7 Å². The first-order valence-electron chi connectivity index (χ1n) is 5.64. The molecule has 1 rings (SSSR count). The first-order chi connectivity index (χ1) is 8.19. The highest BCUT2D eigenvalue weighted by Gasteiger charge is 2.05. The molecule has 5 nitrogen and oxygen atoms in total. The van der Waals surface area contributed by atoms with Crippen molar-refractivity contribution in [1.82, 2.24) is 19.9 Å². The van der Waals surface area contributed by atoms with Crippen molar-refractivity contribution in [2.45, 2.75) is 19.0 Å². The number of rotatable bonds is 7. The molecule has 1 N–H and O–H groups in total. The van der Waals surface area contributed by atoms with E-state index in [0.29, 0.717) is 11.1 Å². The molecule has 0 aliphatic rings. The van der Waals surface area contributed by atoms with Crippen molar-refractivity contribution in [3.05, 3.63) is 5.28 Å². The third kappa shape index (κ3) is 5.06. The Morgan fingerprint density at radius 2 is 1.94 bits per heavy atom. The number of nitrogens with zero attached hydrogens (tertiary/aromatic N) is 4. The van der Waals surface area contributed by atoms with E-state index in [1.807, 2.05) is 0 Å². The molecule has 1 aromatic rings. The molecule has 0 bridgehead atoms. The minimum Gasteiger partial charge on any atom is -0.357 e. The summed E-state index contributed by atoms with van der Waals surface area (Å²) in [6.07, 6.45) is 0. The van der Waals surface area contributed by atoms with E-state index >= 15 is 0 Å². The molecule has 0 radical (unpaired) electrons. The van der Waals surface area contributed by atoms with Crippen LogP contribution in [0.2, 0.25) is 5.28 Å². The summed E-state index contributed by atoms with van der Waals surface area (Å²) in [5, 5.41) is 3.76. The smallest absolute Gasteiger partial charge is 0.228 e. The summed E-state index contributed by atoms with van der Waals surface area (Å²) in [6.45, 7) is 7.48. The molecule has 0 atom stereocenters. The summed E-state index contributed by atoms with van der Waals surface area (Å²) in [5.41, 5.74) is 0. The predicted octanol–water partition coefficient (Wildman–Crippen LogP) is 2.00. The summed E-state index contributed by atoms with van der Waals surface area (Å²) in [4.78, 5) is 14.6. The van der Waals surface area contributed by atoms with Crippen LogP contribution in [-0.2, 0) is 0 Å². The zero-order valence-corrected chi connectivity index (χ0v) is 12.0. The van der Waals surface area contributed by atoms with Crippen LogP contribution in [0, 0.1) is 0 Å². The Balaban J connectivity index is 2.48. The molecule has 0 fully saturated rings.